The standard InChI is InChI=1S/C27H23FN2O5/c1-15-14-18(6-13-22(15)28)25(32)23-24(17-4-11-21(35-3)12-5-17)30(27(34)26(23)33)20-9-7-19(8-10-20)29-16(2)31/h4-14,24,32H,1-3H3,(H,29,31)/b25-23-. The molecule has 1 aliphatic rings. The molecular weight excluding hydrogens is 451 g/mol. The van der Waals surface area contributed by atoms with Crippen LogP contribution in [0.3, 0.4) is 0 Å². The molecule has 0 aliphatic carbocycles. The maximum Gasteiger partial charge on any atom is 0.300 e. The highest BCUT2D eigenvalue weighted by molar-refractivity contribution is 6.51. The molecule has 1 fully saturated rings. The van der Waals surface area contributed by atoms with Crippen molar-refractivity contribution < 1.29 is 28.6 Å². The number of aliphatic hydroxyl groups excluding tert-OH is 1. The van der Waals surface area contributed by atoms with Crippen molar-refractivity contribution in [2.75, 3.05) is 17.3 Å². The van der Waals surface area contributed by atoms with E-state index in [9.17, 15) is 23.9 Å². The van der Waals surface area contributed by atoms with E-state index in [1.165, 1.54) is 37.1 Å². The Morgan fingerprint density at radius 1 is 1.03 bits per heavy atom. The number of anilines is 2. The van der Waals surface area contributed by atoms with Crippen molar-refractivity contribution in [3.8, 4) is 5.75 Å². The van der Waals surface area contributed by atoms with Gasteiger partial charge in [0.05, 0.1) is 18.7 Å². The SMILES string of the molecule is COc1ccc(C2/C(=C(/O)c3ccc(F)c(C)c3)C(=O)C(=O)N2c2ccc(NC(C)=O)cc2)cc1. The number of rotatable bonds is 5. The highest BCUT2D eigenvalue weighted by atomic mass is 19.1. The van der Waals surface area contributed by atoms with Gasteiger partial charge in [0.1, 0.15) is 17.3 Å². The smallest absolute Gasteiger partial charge is 0.300 e. The molecule has 1 unspecified atom stereocenters. The fourth-order valence-electron chi connectivity index (χ4n) is 4.06. The zero-order valence-electron chi connectivity index (χ0n) is 19.3. The summed E-state index contributed by atoms with van der Waals surface area (Å²) in [5.74, 6) is -2.20. The molecule has 3 aromatic rings. The molecule has 1 saturated heterocycles. The molecular formula is C27H23FN2O5. The number of nitrogens with zero attached hydrogens (tertiary/aromatic N) is 1. The van der Waals surface area contributed by atoms with Crippen LogP contribution in [0.4, 0.5) is 15.8 Å². The second-order valence-electron chi connectivity index (χ2n) is 8.13. The van der Waals surface area contributed by atoms with Gasteiger partial charge in [-0.3, -0.25) is 19.3 Å². The van der Waals surface area contributed by atoms with Crippen LogP contribution < -0.4 is 15.0 Å². The first kappa shape index (κ1) is 23.7. The summed E-state index contributed by atoms with van der Waals surface area (Å²) in [4.78, 5) is 39.1. The number of carbonyl (C=O) groups excluding carboxylic acids is 3. The van der Waals surface area contributed by atoms with Crippen LogP contribution >= 0.6 is 0 Å². The van der Waals surface area contributed by atoms with E-state index in [0.29, 0.717) is 22.7 Å². The lowest BCUT2D eigenvalue weighted by atomic mass is 9.94. The second-order valence-corrected chi connectivity index (χ2v) is 8.13. The van der Waals surface area contributed by atoms with Gasteiger partial charge < -0.3 is 15.2 Å². The zero-order valence-corrected chi connectivity index (χ0v) is 19.3. The number of aryl methyl sites for hydroxylation is 1. The predicted molar refractivity (Wildman–Crippen MR) is 130 cm³/mol. The molecule has 1 heterocycles. The number of hydrogen-bond donors (Lipinski definition) is 2. The summed E-state index contributed by atoms with van der Waals surface area (Å²) >= 11 is 0. The number of amides is 2. The van der Waals surface area contributed by atoms with E-state index in [1.807, 2.05) is 0 Å². The highest BCUT2D eigenvalue weighted by Gasteiger charge is 2.47. The molecule has 8 heteroatoms. The first-order valence-corrected chi connectivity index (χ1v) is 10.8. The van der Waals surface area contributed by atoms with Crippen LogP contribution in [0.1, 0.15) is 29.7 Å². The Bertz CT molecular complexity index is 1350. The Hall–Kier alpha value is -4.46. The first-order chi connectivity index (χ1) is 16.7. The number of methoxy groups -OCH3 is 1. The zero-order chi connectivity index (χ0) is 25.3. The largest absolute Gasteiger partial charge is 0.507 e. The molecule has 1 atom stereocenters. The summed E-state index contributed by atoms with van der Waals surface area (Å²) in [6, 6.07) is 16.3. The molecule has 1 aliphatic heterocycles. The number of benzene rings is 3. The van der Waals surface area contributed by atoms with E-state index in [-0.39, 0.29) is 22.6 Å². The predicted octanol–water partition coefficient (Wildman–Crippen LogP) is 4.73. The van der Waals surface area contributed by atoms with Gasteiger partial charge in [0, 0.05) is 23.9 Å². The van der Waals surface area contributed by atoms with Gasteiger partial charge in [0.2, 0.25) is 5.91 Å². The van der Waals surface area contributed by atoms with Crippen LogP contribution in [0.15, 0.2) is 72.3 Å². The average molecular weight is 474 g/mol. The Labute approximate surface area is 201 Å². The lowest BCUT2D eigenvalue weighted by Gasteiger charge is -2.26. The molecule has 4 rings (SSSR count). The lowest BCUT2D eigenvalue weighted by molar-refractivity contribution is -0.132. The number of carbonyl (C=O) groups is 3. The maximum atomic E-state index is 13.8. The van der Waals surface area contributed by atoms with E-state index in [2.05, 4.69) is 5.32 Å². The van der Waals surface area contributed by atoms with Gasteiger partial charge in [0.25, 0.3) is 11.7 Å². The number of hydrogen-bond acceptors (Lipinski definition) is 5. The minimum atomic E-state index is -0.946. The fraction of sp³-hybridized carbons (Fsp3) is 0.148. The third-order valence-electron chi connectivity index (χ3n) is 5.77. The molecule has 178 valence electrons. The molecule has 35 heavy (non-hydrogen) atoms. The summed E-state index contributed by atoms with van der Waals surface area (Å²) in [5, 5.41) is 13.8. The number of ketones is 1. The molecule has 0 radical (unpaired) electrons. The molecule has 3 aromatic carbocycles. The van der Waals surface area contributed by atoms with Crippen LogP contribution in [0.25, 0.3) is 5.76 Å². The molecule has 2 amide bonds. The number of aliphatic hydroxyl groups is 1. The maximum absolute atomic E-state index is 13.8. The highest BCUT2D eigenvalue weighted by Crippen LogP contribution is 2.42. The number of nitrogens with one attached hydrogen (secondary N) is 1. The van der Waals surface area contributed by atoms with Crippen molar-refractivity contribution >= 4 is 34.7 Å². The minimum Gasteiger partial charge on any atom is -0.507 e. The number of Topliss-reactive ketones (excluding diaryl/α,β-unsaturated/α-hetero) is 1. The van der Waals surface area contributed by atoms with Crippen LogP contribution in [0, 0.1) is 12.7 Å². The van der Waals surface area contributed by atoms with Crippen molar-refractivity contribution in [1.82, 2.24) is 0 Å². The molecule has 2 N–H and O–H groups in total. The Kier molecular flexibility index (Phi) is 6.38. The molecule has 7 nitrogen and oxygen atoms in total. The van der Waals surface area contributed by atoms with Crippen LogP contribution in [0.2, 0.25) is 0 Å². The van der Waals surface area contributed by atoms with E-state index in [0.717, 1.165) is 0 Å². The van der Waals surface area contributed by atoms with Crippen molar-refractivity contribution in [2.45, 2.75) is 19.9 Å². The fourth-order valence-corrected chi connectivity index (χ4v) is 4.06. The van der Waals surface area contributed by atoms with Crippen molar-refractivity contribution in [3.63, 3.8) is 0 Å². The van der Waals surface area contributed by atoms with Gasteiger partial charge in [-0.15, -0.1) is 0 Å². The van der Waals surface area contributed by atoms with Gasteiger partial charge >= 0.3 is 0 Å². The normalized spacial score (nSPS) is 16.9. The van der Waals surface area contributed by atoms with Gasteiger partial charge in [-0.2, -0.15) is 0 Å². The minimum absolute atomic E-state index is 0.114. The van der Waals surface area contributed by atoms with Crippen LogP contribution in [-0.4, -0.2) is 29.8 Å². The molecule has 0 aromatic heterocycles. The Balaban J connectivity index is 1.88. The van der Waals surface area contributed by atoms with E-state index in [4.69, 9.17) is 4.74 Å². The summed E-state index contributed by atoms with van der Waals surface area (Å²) in [6.07, 6.45) is 0. The van der Waals surface area contributed by atoms with Gasteiger partial charge in [-0.1, -0.05) is 12.1 Å². The molecule has 0 bridgehead atoms. The van der Waals surface area contributed by atoms with Crippen molar-refractivity contribution in [2.24, 2.45) is 0 Å². The number of ether oxygens (including phenoxy) is 1. The second kappa shape index (κ2) is 9.42. The number of halogens is 1. The third-order valence-corrected chi connectivity index (χ3v) is 5.77. The first-order valence-electron chi connectivity index (χ1n) is 10.8. The van der Waals surface area contributed by atoms with Crippen LogP contribution in [0.5, 0.6) is 5.75 Å². The monoisotopic (exact) mass is 474 g/mol. The quantitative estimate of drug-likeness (QED) is 0.317. The third kappa shape index (κ3) is 4.50. The van der Waals surface area contributed by atoms with Crippen molar-refractivity contribution in [1.29, 1.82) is 0 Å². The van der Waals surface area contributed by atoms with Crippen molar-refractivity contribution in [3.05, 3.63) is 94.8 Å². The van der Waals surface area contributed by atoms with E-state index >= 15 is 0 Å². The Morgan fingerprint density at radius 2 is 1.69 bits per heavy atom. The van der Waals surface area contributed by atoms with Gasteiger partial charge in [0.15, 0.2) is 0 Å². The molecule has 0 saturated carbocycles. The van der Waals surface area contributed by atoms with Gasteiger partial charge in [-0.05, 0) is 72.6 Å². The lowest BCUT2D eigenvalue weighted by Crippen LogP contribution is -2.29. The summed E-state index contributed by atoms with van der Waals surface area (Å²) in [5.41, 5.74) is 1.89. The summed E-state index contributed by atoms with van der Waals surface area (Å²) in [6.45, 7) is 2.93. The molecule has 0 spiro atoms. The van der Waals surface area contributed by atoms with E-state index < -0.39 is 29.3 Å². The average Bonchev–Trinajstić information content (AvgIpc) is 3.11. The topological polar surface area (TPSA) is 95.9 Å². The summed E-state index contributed by atoms with van der Waals surface area (Å²) in [7, 11) is 1.52. The van der Waals surface area contributed by atoms with Crippen LogP contribution in [-0.2, 0) is 14.4 Å². The summed E-state index contributed by atoms with van der Waals surface area (Å²) < 4.78 is 19.0. The van der Waals surface area contributed by atoms with E-state index in [1.54, 1.807) is 55.5 Å². The Morgan fingerprint density at radius 3 is 2.26 bits per heavy atom. The van der Waals surface area contributed by atoms with Gasteiger partial charge in [-0.25, -0.2) is 4.39 Å².